The van der Waals surface area contributed by atoms with Crippen LogP contribution in [0.2, 0.25) is 5.02 Å². The van der Waals surface area contributed by atoms with Crippen LogP contribution in [0.1, 0.15) is 19.8 Å². The second-order valence-electron chi connectivity index (χ2n) is 6.53. The number of piperazine rings is 1. The third-order valence-electron chi connectivity index (χ3n) is 4.67. The summed E-state index contributed by atoms with van der Waals surface area (Å²) < 4.78 is 5.76. The first-order valence-electron chi connectivity index (χ1n) is 8.25. The Bertz CT molecular complexity index is 552. The van der Waals surface area contributed by atoms with Gasteiger partial charge in [-0.3, -0.25) is 4.99 Å². The van der Waals surface area contributed by atoms with Gasteiger partial charge < -0.3 is 20.3 Å². The number of guanidine groups is 1. The van der Waals surface area contributed by atoms with Crippen molar-refractivity contribution in [1.82, 2.24) is 4.90 Å². The molecule has 2 saturated heterocycles. The van der Waals surface area contributed by atoms with E-state index in [1.54, 1.807) is 0 Å². The fraction of sp³-hybridized carbons (Fsp3) is 0.588. The lowest BCUT2D eigenvalue weighted by molar-refractivity contribution is 0.0282. The third kappa shape index (κ3) is 4.89. The molecule has 1 atom stereocenters. The summed E-state index contributed by atoms with van der Waals surface area (Å²) >= 11 is 5.95. The average molecular weight is 465 g/mol. The van der Waals surface area contributed by atoms with Crippen molar-refractivity contribution in [3.63, 3.8) is 0 Å². The lowest BCUT2D eigenvalue weighted by Gasteiger charge is -2.37. The Balaban J connectivity index is 0.00000208. The molecule has 0 radical (unpaired) electrons. The molecule has 0 amide bonds. The van der Waals surface area contributed by atoms with Crippen molar-refractivity contribution >= 4 is 47.2 Å². The topological polar surface area (TPSA) is 54.1 Å². The number of benzene rings is 1. The van der Waals surface area contributed by atoms with Crippen molar-refractivity contribution in [2.75, 3.05) is 44.2 Å². The molecule has 2 heterocycles. The first-order chi connectivity index (χ1) is 11.1. The van der Waals surface area contributed by atoms with E-state index < -0.39 is 0 Å². The molecule has 2 aliphatic heterocycles. The number of nitrogens with zero attached hydrogens (tertiary/aromatic N) is 3. The summed E-state index contributed by atoms with van der Waals surface area (Å²) in [7, 11) is 0. The summed E-state index contributed by atoms with van der Waals surface area (Å²) in [6.45, 7) is 7.25. The van der Waals surface area contributed by atoms with Gasteiger partial charge in [-0.1, -0.05) is 11.6 Å². The maximum atomic E-state index is 6.17. The van der Waals surface area contributed by atoms with Crippen molar-refractivity contribution in [2.45, 2.75) is 25.4 Å². The zero-order valence-corrected chi connectivity index (χ0v) is 17.2. The standard InChI is InChI=1S/C17H25ClN4O.HI/c1-17(7-2-12-23-17)13-20-16(19)22-10-8-21(9-11-22)15-5-3-14(18)4-6-15;/h3-6H,2,7-13H2,1H3,(H2,19,20);1H. The van der Waals surface area contributed by atoms with Gasteiger partial charge in [-0.15, -0.1) is 24.0 Å². The van der Waals surface area contributed by atoms with E-state index in [-0.39, 0.29) is 29.6 Å². The van der Waals surface area contributed by atoms with Gasteiger partial charge in [0.25, 0.3) is 0 Å². The zero-order chi connectivity index (χ0) is 16.3. The highest BCUT2D eigenvalue weighted by atomic mass is 127. The van der Waals surface area contributed by atoms with Crippen LogP contribution in [-0.4, -0.2) is 55.8 Å². The fourth-order valence-electron chi connectivity index (χ4n) is 3.16. The molecule has 2 aliphatic rings. The predicted molar refractivity (Wildman–Crippen MR) is 111 cm³/mol. The number of anilines is 1. The number of nitrogens with two attached hydrogens (primary N) is 1. The monoisotopic (exact) mass is 464 g/mol. The smallest absolute Gasteiger partial charge is 0.191 e. The normalized spacial score (nSPS) is 24.8. The Morgan fingerprint density at radius 2 is 1.92 bits per heavy atom. The molecule has 1 unspecified atom stereocenters. The van der Waals surface area contributed by atoms with Crippen LogP contribution in [0, 0.1) is 0 Å². The molecule has 0 saturated carbocycles. The van der Waals surface area contributed by atoms with Crippen LogP contribution < -0.4 is 10.6 Å². The summed E-state index contributed by atoms with van der Waals surface area (Å²) in [6.07, 6.45) is 2.18. The lowest BCUT2D eigenvalue weighted by atomic mass is 10.0. The lowest BCUT2D eigenvalue weighted by Crippen LogP contribution is -2.51. The Morgan fingerprint density at radius 1 is 1.25 bits per heavy atom. The van der Waals surface area contributed by atoms with Gasteiger partial charge >= 0.3 is 0 Å². The maximum Gasteiger partial charge on any atom is 0.191 e. The predicted octanol–water partition coefficient (Wildman–Crippen LogP) is 2.96. The first-order valence-corrected chi connectivity index (χ1v) is 8.63. The van der Waals surface area contributed by atoms with E-state index in [2.05, 4.69) is 33.8 Å². The van der Waals surface area contributed by atoms with Crippen LogP contribution in [0.25, 0.3) is 0 Å². The molecule has 7 heteroatoms. The number of hydrogen-bond acceptors (Lipinski definition) is 3. The van der Waals surface area contributed by atoms with Crippen LogP contribution in [-0.2, 0) is 4.74 Å². The molecule has 1 aromatic carbocycles. The van der Waals surface area contributed by atoms with Gasteiger partial charge in [0, 0.05) is 43.5 Å². The van der Waals surface area contributed by atoms with Crippen molar-refractivity contribution in [2.24, 2.45) is 10.7 Å². The van der Waals surface area contributed by atoms with E-state index in [0.717, 1.165) is 50.7 Å². The second-order valence-corrected chi connectivity index (χ2v) is 6.96. The molecular formula is C17H26ClIN4O. The molecule has 24 heavy (non-hydrogen) atoms. The van der Waals surface area contributed by atoms with Crippen molar-refractivity contribution in [3.8, 4) is 0 Å². The highest BCUT2D eigenvalue weighted by molar-refractivity contribution is 14.0. The molecule has 1 aromatic rings. The Kier molecular flexibility index (Phi) is 7.00. The molecule has 0 aliphatic carbocycles. The average Bonchev–Trinajstić information content (AvgIpc) is 3.01. The minimum atomic E-state index is -0.129. The molecule has 134 valence electrons. The van der Waals surface area contributed by atoms with Gasteiger partial charge in [0.2, 0.25) is 0 Å². The van der Waals surface area contributed by atoms with E-state index >= 15 is 0 Å². The second kappa shape index (κ2) is 8.58. The van der Waals surface area contributed by atoms with Gasteiger partial charge in [0.1, 0.15) is 0 Å². The molecule has 5 nitrogen and oxygen atoms in total. The Labute approximate surface area is 166 Å². The summed E-state index contributed by atoms with van der Waals surface area (Å²) in [6, 6.07) is 7.99. The molecule has 2 N–H and O–H groups in total. The van der Waals surface area contributed by atoms with Crippen molar-refractivity contribution in [1.29, 1.82) is 0 Å². The van der Waals surface area contributed by atoms with Crippen LogP contribution in [0.15, 0.2) is 29.3 Å². The Morgan fingerprint density at radius 3 is 2.50 bits per heavy atom. The van der Waals surface area contributed by atoms with Crippen molar-refractivity contribution in [3.05, 3.63) is 29.3 Å². The maximum absolute atomic E-state index is 6.17. The van der Waals surface area contributed by atoms with Crippen LogP contribution in [0.3, 0.4) is 0 Å². The summed E-state index contributed by atoms with van der Waals surface area (Å²) in [5.41, 5.74) is 7.25. The van der Waals surface area contributed by atoms with E-state index in [4.69, 9.17) is 22.1 Å². The molecule has 3 rings (SSSR count). The van der Waals surface area contributed by atoms with Gasteiger partial charge in [0.05, 0.1) is 12.1 Å². The van der Waals surface area contributed by atoms with Crippen LogP contribution >= 0.6 is 35.6 Å². The minimum absolute atomic E-state index is 0. The molecule has 2 fully saturated rings. The van der Waals surface area contributed by atoms with Gasteiger partial charge in [-0.2, -0.15) is 0 Å². The van der Waals surface area contributed by atoms with Gasteiger partial charge in [-0.05, 0) is 44.0 Å². The summed E-state index contributed by atoms with van der Waals surface area (Å²) in [5.74, 6) is 0.637. The largest absolute Gasteiger partial charge is 0.373 e. The highest BCUT2D eigenvalue weighted by Gasteiger charge is 2.29. The first kappa shape index (κ1) is 19.6. The number of ether oxygens (including phenoxy) is 1. The quantitative estimate of drug-likeness (QED) is 0.424. The van der Waals surface area contributed by atoms with E-state index in [0.29, 0.717) is 12.5 Å². The van der Waals surface area contributed by atoms with E-state index in [1.807, 2.05) is 12.1 Å². The van der Waals surface area contributed by atoms with Gasteiger partial charge in [-0.25, -0.2) is 0 Å². The van der Waals surface area contributed by atoms with Crippen LogP contribution in [0.4, 0.5) is 5.69 Å². The summed E-state index contributed by atoms with van der Waals surface area (Å²) in [4.78, 5) is 9.08. The third-order valence-corrected chi connectivity index (χ3v) is 4.92. The van der Waals surface area contributed by atoms with Gasteiger partial charge in [0.15, 0.2) is 5.96 Å². The highest BCUT2D eigenvalue weighted by Crippen LogP contribution is 2.25. The molecule has 0 spiro atoms. The minimum Gasteiger partial charge on any atom is -0.373 e. The molecule has 0 bridgehead atoms. The zero-order valence-electron chi connectivity index (χ0n) is 14.1. The number of hydrogen-bond donors (Lipinski definition) is 1. The number of rotatable bonds is 3. The fourth-order valence-corrected chi connectivity index (χ4v) is 3.28. The van der Waals surface area contributed by atoms with Crippen molar-refractivity contribution < 1.29 is 4.74 Å². The number of aliphatic imine (C=N–C) groups is 1. The SMILES string of the molecule is CC1(CN=C(N)N2CCN(c3ccc(Cl)cc3)CC2)CCCO1.I. The summed E-state index contributed by atoms with van der Waals surface area (Å²) in [5, 5.41) is 0.770. The molecule has 0 aromatic heterocycles. The van der Waals surface area contributed by atoms with E-state index in [1.165, 1.54) is 5.69 Å². The van der Waals surface area contributed by atoms with Crippen LogP contribution in [0.5, 0.6) is 0 Å². The number of halogens is 2. The Hall–Kier alpha value is -0.730. The van der Waals surface area contributed by atoms with E-state index in [9.17, 15) is 0 Å². The molecular weight excluding hydrogens is 439 g/mol.